The van der Waals surface area contributed by atoms with Gasteiger partial charge < -0.3 is 19.5 Å². The summed E-state index contributed by atoms with van der Waals surface area (Å²) in [6.45, 7) is 1.08. The number of carbonyl (C=O) groups is 2. The number of amides is 1. The van der Waals surface area contributed by atoms with Gasteiger partial charge in [0.25, 0.3) is 0 Å². The number of aliphatic carboxylic acids is 1. The molecule has 114 valence electrons. The van der Waals surface area contributed by atoms with E-state index < -0.39 is 5.97 Å². The molecule has 20 heavy (non-hydrogen) atoms. The largest absolute Gasteiger partial charge is 0.481 e. The maximum atomic E-state index is 12.6. The van der Waals surface area contributed by atoms with Gasteiger partial charge in [-0.2, -0.15) is 0 Å². The van der Waals surface area contributed by atoms with Gasteiger partial charge in [0.2, 0.25) is 5.91 Å². The van der Waals surface area contributed by atoms with Crippen molar-refractivity contribution in [2.45, 2.75) is 37.8 Å². The summed E-state index contributed by atoms with van der Waals surface area (Å²) < 4.78 is 10.5. The molecule has 0 bridgehead atoms. The average Bonchev–Trinajstić information content (AvgIpc) is 3.05. The van der Waals surface area contributed by atoms with Gasteiger partial charge in [0.1, 0.15) is 0 Å². The molecule has 6 heteroatoms. The summed E-state index contributed by atoms with van der Waals surface area (Å²) in [4.78, 5) is 25.4. The summed E-state index contributed by atoms with van der Waals surface area (Å²) in [6, 6.07) is 0.0429. The standard InChI is InChI=1S/C14H23NO5/c1-19-8-11-6-12(20-2)7-15(11)13(16)9-3-4-10(5-9)14(17)18/h9-12H,3-8H2,1-2H3,(H,17,18)/t9-,10+,11+,12+/m1/s1. The van der Waals surface area contributed by atoms with E-state index in [9.17, 15) is 9.59 Å². The van der Waals surface area contributed by atoms with Crippen molar-refractivity contribution in [1.29, 1.82) is 0 Å². The van der Waals surface area contributed by atoms with Crippen molar-refractivity contribution >= 4 is 11.9 Å². The van der Waals surface area contributed by atoms with Crippen LogP contribution in [0.25, 0.3) is 0 Å². The lowest BCUT2D eigenvalue weighted by Crippen LogP contribution is -2.41. The van der Waals surface area contributed by atoms with E-state index in [0.717, 1.165) is 6.42 Å². The number of carbonyl (C=O) groups excluding carboxylic acids is 1. The van der Waals surface area contributed by atoms with Crippen LogP contribution in [0, 0.1) is 11.8 Å². The Morgan fingerprint density at radius 3 is 2.45 bits per heavy atom. The molecule has 0 aromatic rings. The van der Waals surface area contributed by atoms with Gasteiger partial charge in [-0.3, -0.25) is 9.59 Å². The molecule has 1 saturated carbocycles. The van der Waals surface area contributed by atoms with Gasteiger partial charge in [0.05, 0.1) is 24.7 Å². The van der Waals surface area contributed by atoms with E-state index in [1.165, 1.54) is 0 Å². The van der Waals surface area contributed by atoms with Gasteiger partial charge >= 0.3 is 5.97 Å². The third-order valence-corrected chi connectivity index (χ3v) is 4.48. The van der Waals surface area contributed by atoms with E-state index in [0.29, 0.717) is 32.4 Å². The highest BCUT2D eigenvalue weighted by molar-refractivity contribution is 5.81. The zero-order valence-electron chi connectivity index (χ0n) is 12.1. The van der Waals surface area contributed by atoms with Crippen molar-refractivity contribution in [2.75, 3.05) is 27.4 Å². The Kier molecular flexibility index (Phi) is 4.99. The first kappa shape index (κ1) is 15.3. The van der Waals surface area contributed by atoms with Crippen molar-refractivity contribution in [3.63, 3.8) is 0 Å². The third-order valence-electron chi connectivity index (χ3n) is 4.48. The molecule has 2 rings (SSSR count). The fourth-order valence-corrected chi connectivity index (χ4v) is 3.33. The molecule has 1 heterocycles. The van der Waals surface area contributed by atoms with Crippen molar-refractivity contribution in [3.8, 4) is 0 Å². The molecule has 4 atom stereocenters. The Bertz CT molecular complexity index is 373. The average molecular weight is 285 g/mol. The second-order valence-electron chi connectivity index (χ2n) is 5.74. The van der Waals surface area contributed by atoms with Gasteiger partial charge in [-0.15, -0.1) is 0 Å². The highest BCUT2D eigenvalue weighted by Gasteiger charge is 2.41. The van der Waals surface area contributed by atoms with Crippen LogP contribution in [0.2, 0.25) is 0 Å². The number of carboxylic acids is 1. The van der Waals surface area contributed by atoms with Crippen LogP contribution in [-0.2, 0) is 19.1 Å². The minimum Gasteiger partial charge on any atom is -0.481 e. The number of hydrogen-bond acceptors (Lipinski definition) is 4. The number of ether oxygens (including phenoxy) is 2. The molecule has 0 unspecified atom stereocenters. The quantitative estimate of drug-likeness (QED) is 0.806. The molecule has 0 aromatic carbocycles. The second-order valence-corrected chi connectivity index (χ2v) is 5.74. The Labute approximate surface area is 119 Å². The number of rotatable bonds is 5. The summed E-state index contributed by atoms with van der Waals surface area (Å²) in [5.74, 6) is -1.25. The Morgan fingerprint density at radius 1 is 1.20 bits per heavy atom. The Hall–Kier alpha value is -1.14. The molecule has 0 radical (unpaired) electrons. The van der Waals surface area contributed by atoms with E-state index in [1.54, 1.807) is 14.2 Å². The molecular formula is C14H23NO5. The van der Waals surface area contributed by atoms with Gasteiger partial charge in [0.15, 0.2) is 0 Å². The summed E-state index contributed by atoms with van der Waals surface area (Å²) in [5.41, 5.74) is 0. The van der Waals surface area contributed by atoms with Crippen LogP contribution < -0.4 is 0 Å². The molecule has 1 aliphatic heterocycles. The minimum atomic E-state index is -0.787. The van der Waals surface area contributed by atoms with Gasteiger partial charge in [-0.05, 0) is 25.7 Å². The van der Waals surface area contributed by atoms with Crippen LogP contribution in [0.5, 0.6) is 0 Å². The monoisotopic (exact) mass is 285 g/mol. The number of hydrogen-bond donors (Lipinski definition) is 1. The van der Waals surface area contributed by atoms with Gasteiger partial charge in [-0.25, -0.2) is 0 Å². The van der Waals surface area contributed by atoms with Crippen LogP contribution in [-0.4, -0.2) is 61.4 Å². The number of carboxylic acid groups (broad SMARTS) is 1. The molecule has 6 nitrogen and oxygen atoms in total. The zero-order valence-corrected chi connectivity index (χ0v) is 12.1. The van der Waals surface area contributed by atoms with Crippen LogP contribution >= 0.6 is 0 Å². The van der Waals surface area contributed by atoms with E-state index in [2.05, 4.69) is 0 Å². The maximum Gasteiger partial charge on any atom is 0.306 e. The summed E-state index contributed by atoms with van der Waals surface area (Å²) >= 11 is 0. The highest BCUT2D eigenvalue weighted by Crippen LogP contribution is 2.34. The predicted molar refractivity (Wildman–Crippen MR) is 71.3 cm³/mol. The maximum absolute atomic E-state index is 12.6. The van der Waals surface area contributed by atoms with E-state index in [1.807, 2.05) is 4.90 Å². The molecule has 0 aromatic heterocycles. The normalized spacial score (nSPS) is 33.6. The van der Waals surface area contributed by atoms with E-state index in [4.69, 9.17) is 14.6 Å². The third kappa shape index (κ3) is 3.12. The molecule has 0 spiro atoms. The SMILES string of the molecule is COC[C@@H]1C[C@H](OC)CN1C(=O)[C@@H]1CC[C@H](C(=O)O)C1. The van der Waals surface area contributed by atoms with Crippen LogP contribution in [0.15, 0.2) is 0 Å². The fraction of sp³-hybridized carbons (Fsp3) is 0.857. The minimum absolute atomic E-state index is 0.0429. The highest BCUT2D eigenvalue weighted by atomic mass is 16.5. The number of likely N-dealkylation sites (tertiary alicyclic amines) is 1. The number of methoxy groups -OCH3 is 2. The lowest BCUT2D eigenvalue weighted by Gasteiger charge is -2.26. The molecular weight excluding hydrogens is 262 g/mol. The van der Waals surface area contributed by atoms with Crippen LogP contribution in [0.1, 0.15) is 25.7 Å². The molecule has 1 saturated heterocycles. The topological polar surface area (TPSA) is 76.1 Å². The van der Waals surface area contributed by atoms with Crippen molar-refractivity contribution in [1.82, 2.24) is 4.90 Å². The fourth-order valence-electron chi connectivity index (χ4n) is 3.33. The van der Waals surface area contributed by atoms with Crippen LogP contribution in [0.4, 0.5) is 0 Å². The first-order valence-electron chi connectivity index (χ1n) is 7.11. The first-order chi connectivity index (χ1) is 9.56. The van der Waals surface area contributed by atoms with Crippen LogP contribution in [0.3, 0.4) is 0 Å². The Morgan fingerprint density at radius 2 is 1.90 bits per heavy atom. The molecule has 1 aliphatic carbocycles. The lowest BCUT2D eigenvalue weighted by molar-refractivity contribution is -0.142. The summed E-state index contributed by atoms with van der Waals surface area (Å²) in [6.07, 6.45) is 2.56. The van der Waals surface area contributed by atoms with Gasteiger partial charge in [-0.1, -0.05) is 0 Å². The Balaban J connectivity index is 1.98. The van der Waals surface area contributed by atoms with Crippen molar-refractivity contribution < 1.29 is 24.2 Å². The summed E-state index contributed by atoms with van der Waals surface area (Å²) in [7, 11) is 3.28. The molecule has 1 amide bonds. The predicted octanol–water partition coefficient (Wildman–Crippen LogP) is 0.750. The van der Waals surface area contributed by atoms with E-state index in [-0.39, 0.29) is 29.9 Å². The van der Waals surface area contributed by atoms with Crippen molar-refractivity contribution in [2.24, 2.45) is 11.8 Å². The number of nitrogens with zero attached hydrogens (tertiary/aromatic N) is 1. The first-order valence-corrected chi connectivity index (χ1v) is 7.11. The van der Waals surface area contributed by atoms with Crippen molar-refractivity contribution in [3.05, 3.63) is 0 Å². The van der Waals surface area contributed by atoms with Gasteiger partial charge in [0, 0.05) is 26.7 Å². The molecule has 2 fully saturated rings. The smallest absolute Gasteiger partial charge is 0.306 e. The second kappa shape index (κ2) is 6.54. The van der Waals surface area contributed by atoms with E-state index >= 15 is 0 Å². The lowest BCUT2D eigenvalue weighted by atomic mass is 10.0. The molecule has 2 aliphatic rings. The summed E-state index contributed by atoms with van der Waals surface area (Å²) in [5, 5.41) is 9.03. The molecule has 1 N–H and O–H groups in total. The zero-order chi connectivity index (χ0) is 14.7.